The summed E-state index contributed by atoms with van der Waals surface area (Å²) >= 11 is 17.9. The van der Waals surface area contributed by atoms with Gasteiger partial charge in [-0.25, -0.2) is 13.4 Å². The summed E-state index contributed by atoms with van der Waals surface area (Å²) in [4.78, 5) is 3.79. The molecule has 0 unspecified atom stereocenters. The van der Waals surface area contributed by atoms with Gasteiger partial charge in [0, 0.05) is 12.4 Å². The zero-order valence-electron chi connectivity index (χ0n) is 17.1. The third kappa shape index (κ3) is 6.75. The molecule has 1 aromatic heterocycles. The van der Waals surface area contributed by atoms with Crippen molar-refractivity contribution < 1.29 is 28.1 Å². The molecule has 0 radical (unpaired) electrons. The molecule has 3 rings (SSSR count). The molecule has 2 atom stereocenters. The number of hydrogen-bond donors (Lipinski definition) is 2. The van der Waals surface area contributed by atoms with Gasteiger partial charge in [0.15, 0.2) is 5.75 Å². The largest absolute Gasteiger partial charge is 0.491 e. The number of imidazole rings is 1. The predicted molar refractivity (Wildman–Crippen MR) is 124 cm³/mol. The van der Waals surface area contributed by atoms with E-state index < -0.39 is 22.0 Å². The lowest BCUT2D eigenvalue weighted by Gasteiger charge is -2.14. The average molecular weight is 536 g/mol. The maximum Gasteiger partial charge on any atom is 0.206 e. The van der Waals surface area contributed by atoms with Crippen LogP contribution in [0.25, 0.3) is 0 Å². The SMILES string of the molecule is O=S(=O)(c1ccc(OC[C@H](O)Cn2ccnc2)cc1)c1cc(Cl)c(OC[C@H](O)CCl)c(Cl)c1. The first kappa shape index (κ1) is 25.6. The van der Waals surface area contributed by atoms with Crippen molar-refractivity contribution in [2.45, 2.75) is 28.5 Å². The van der Waals surface area contributed by atoms with Crippen LogP contribution in [0.15, 0.2) is 64.9 Å². The molecule has 0 aliphatic rings. The Bertz CT molecular complexity index is 1130. The second-order valence-electron chi connectivity index (χ2n) is 7.03. The summed E-state index contributed by atoms with van der Waals surface area (Å²) in [6.07, 6.45) is 3.24. The molecule has 33 heavy (non-hydrogen) atoms. The van der Waals surface area contributed by atoms with Gasteiger partial charge in [0.1, 0.15) is 31.2 Å². The molecule has 0 bridgehead atoms. The third-order valence-corrected chi connectivity index (χ3v) is 7.10. The standard InChI is InChI=1S/C21H21Cl3N2O6S/c22-9-14(27)11-32-21-19(23)7-18(8-20(21)24)33(29,30)17-3-1-16(2-4-17)31-12-15(28)10-26-6-5-25-13-26/h1-8,13-15,27-28H,9-12H2/t14-,15-/m1/s1. The van der Waals surface area contributed by atoms with Gasteiger partial charge in [0.25, 0.3) is 0 Å². The molecule has 0 spiro atoms. The molecule has 0 fully saturated rings. The number of aliphatic hydroxyl groups excluding tert-OH is 2. The van der Waals surface area contributed by atoms with Crippen LogP contribution in [0.3, 0.4) is 0 Å². The van der Waals surface area contributed by atoms with Gasteiger partial charge in [-0.1, -0.05) is 23.2 Å². The summed E-state index contributed by atoms with van der Waals surface area (Å²) in [5.74, 6) is 0.418. The molecule has 12 heteroatoms. The summed E-state index contributed by atoms with van der Waals surface area (Å²) in [7, 11) is -3.93. The van der Waals surface area contributed by atoms with Gasteiger partial charge in [-0.15, -0.1) is 11.6 Å². The molecule has 3 aromatic rings. The highest BCUT2D eigenvalue weighted by molar-refractivity contribution is 7.91. The number of halogens is 3. The van der Waals surface area contributed by atoms with Crippen LogP contribution >= 0.6 is 34.8 Å². The fraction of sp³-hybridized carbons (Fsp3) is 0.286. The van der Waals surface area contributed by atoms with Crippen molar-refractivity contribution in [3.63, 3.8) is 0 Å². The molecular weight excluding hydrogens is 515 g/mol. The monoisotopic (exact) mass is 534 g/mol. The van der Waals surface area contributed by atoms with Crippen molar-refractivity contribution in [1.29, 1.82) is 0 Å². The zero-order chi connectivity index (χ0) is 24.0. The summed E-state index contributed by atoms with van der Waals surface area (Å²) in [6, 6.07) is 8.20. The van der Waals surface area contributed by atoms with Gasteiger partial charge in [0.2, 0.25) is 9.84 Å². The van der Waals surface area contributed by atoms with Crippen LogP contribution in [-0.4, -0.2) is 59.5 Å². The Morgan fingerprint density at radius 2 is 1.61 bits per heavy atom. The Morgan fingerprint density at radius 1 is 0.970 bits per heavy atom. The lowest BCUT2D eigenvalue weighted by molar-refractivity contribution is 0.0924. The van der Waals surface area contributed by atoms with Crippen LogP contribution < -0.4 is 9.47 Å². The molecule has 2 N–H and O–H groups in total. The van der Waals surface area contributed by atoms with Crippen LogP contribution in [0.2, 0.25) is 10.0 Å². The number of rotatable bonds is 11. The third-order valence-electron chi connectivity index (χ3n) is 4.44. The van der Waals surface area contributed by atoms with Crippen molar-refractivity contribution in [3.8, 4) is 11.5 Å². The van der Waals surface area contributed by atoms with E-state index in [1.807, 2.05) is 0 Å². The lowest BCUT2D eigenvalue weighted by Crippen LogP contribution is -2.23. The van der Waals surface area contributed by atoms with E-state index in [1.165, 1.54) is 36.4 Å². The lowest BCUT2D eigenvalue weighted by atomic mass is 10.3. The Morgan fingerprint density at radius 3 is 2.18 bits per heavy atom. The second-order valence-corrected chi connectivity index (χ2v) is 10.1. The van der Waals surface area contributed by atoms with E-state index >= 15 is 0 Å². The maximum atomic E-state index is 13.0. The average Bonchev–Trinajstić information content (AvgIpc) is 3.30. The molecule has 0 aliphatic carbocycles. The summed E-state index contributed by atoms with van der Waals surface area (Å²) in [6.45, 7) is 0.196. The van der Waals surface area contributed by atoms with Gasteiger partial charge in [-0.2, -0.15) is 0 Å². The fourth-order valence-electron chi connectivity index (χ4n) is 2.79. The second kappa shape index (κ2) is 11.4. The van der Waals surface area contributed by atoms with Crippen LogP contribution in [0.4, 0.5) is 0 Å². The molecule has 0 amide bonds. The minimum atomic E-state index is -3.93. The van der Waals surface area contributed by atoms with Crippen LogP contribution in [0.1, 0.15) is 0 Å². The fourth-order valence-corrected chi connectivity index (χ4v) is 4.92. The molecule has 8 nitrogen and oxygen atoms in total. The Hall–Kier alpha value is -2.01. The summed E-state index contributed by atoms with van der Waals surface area (Å²) in [5.41, 5.74) is 0. The summed E-state index contributed by atoms with van der Waals surface area (Å²) < 4.78 is 38.6. The van der Waals surface area contributed by atoms with Gasteiger partial charge in [0.05, 0.1) is 38.6 Å². The van der Waals surface area contributed by atoms with E-state index in [2.05, 4.69) is 4.98 Å². The highest BCUT2D eigenvalue weighted by Gasteiger charge is 2.22. The number of sulfone groups is 1. The molecule has 2 aromatic carbocycles. The van der Waals surface area contributed by atoms with Crippen molar-refractivity contribution >= 4 is 44.6 Å². The van der Waals surface area contributed by atoms with Crippen molar-refractivity contribution in [2.24, 2.45) is 0 Å². The molecule has 0 aliphatic heterocycles. The van der Waals surface area contributed by atoms with E-state index in [-0.39, 0.29) is 44.7 Å². The molecule has 0 saturated carbocycles. The number of alkyl halides is 1. The highest BCUT2D eigenvalue weighted by atomic mass is 35.5. The van der Waals surface area contributed by atoms with E-state index in [0.717, 1.165) is 0 Å². The number of aromatic nitrogens is 2. The van der Waals surface area contributed by atoms with Crippen molar-refractivity contribution in [1.82, 2.24) is 9.55 Å². The Labute approximate surface area is 206 Å². The first-order valence-electron chi connectivity index (χ1n) is 9.68. The first-order valence-corrected chi connectivity index (χ1v) is 12.5. The number of hydrogen-bond acceptors (Lipinski definition) is 7. The maximum absolute atomic E-state index is 13.0. The molecular formula is C21H21Cl3N2O6S. The minimum Gasteiger partial charge on any atom is -0.491 e. The van der Waals surface area contributed by atoms with Gasteiger partial charge in [-0.05, 0) is 36.4 Å². The van der Waals surface area contributed by atoms with E-state index in [1.54, 1.807) is 23.3 Å². The minimum absolute atomic E-state index is 0.00665. The van der Waals surface area contributed by atoms with Crippen LogP contribution in [0, 0.1) is 0 Å². The number of aliphatic hydroxyl groups is 2. The Balaban J connectivity index is 1.68. The van der Waals surface area contributed by atoms with Gasteiger partial charge in [-0.3, -0.25) is 0 Å². The quantitative estimate of drug-likeness (QED) is 0.362. The number of benzene rings is 2. The normalized spacial score (nSPS) is 13.5. The van der Waals surface area contributed by atoms with Gasteiger partial charge >= 0.3 is 0 Å². The topological polar surface area (TPSA) is 111 Å². The molecule has 1 heterocycles. The number of ether oxygens (including phenoxy) is 2. The zero-order valence-corrected chi connectivity index (χ0v) is 20.2. The van der Waals surface area contributed by atoms with E-state index in [0.29, 0.717) is 12.3 Å². The van der Waals surface area contributed by atoms with Crippen LogP contribution in [0.5, 0.6) is 11.5 Å². The predicted octanol–water partition coefficient (Wildman–Crippen LogP) is 3.44. The van der Waals surface area contributed by atoms with Crippen LogP contribution in [-0.2, 0) is 16.4 Å². The van der Waals surface area contributed by atoms with Crippen molar-refractivity contribution in [2.75, 3.05) is 19.1 Å². The van der Waals surface area contributed by atoms with Crippen molar-refractivity contribution in [3.05, 3.63) is 65.2 Å². The smallest absolute Gasteiger partial charge is 0.206 e. The number of nitrogens with zero attached hydrogens (tertiary/aromatic N) is 2. The first-order chi connectivity index (χ1) is 15.7. The highest BCUT2D eigenvalue weighted by Crippen LogP contribution is 2.37. The summed E-state index contributed by atoms with van der Waals surface area (Å²) in [5, 5.41) is 19.5. The molecule has 178 valence electrons. The van der Waals surface area contributed by atoms with E-state index in [4.69, 9.17) is 44.3 Å². The van der Waals surface area contributed by atoms with E-state index in [9.17, 15) is 18.6 Å². The molecule has 0 saturated heterocycles. The Kier molecular flexibility index (Phi) is 8.86. The van der Waals surface area contributed by atoms with Gasteiger partial charge < -0.3 is 24.3 Å².